The molecule has 0 aliphatic carbocycles. The van der Waals surface area contributed by atoms with Gasteiger partial charge < -0.3 is 4.74 Å². The Labute approximate surface area is 107 Å². The molecule has 0 saturated heterocycles. The van der Waals surface area contributed by atoms with Gasteiger partial charge in [0.1, 0.15) is 0 Å². The van der Waals surface area contributed by atoms with E-state index in [0.717, 1.165) is 12.8 Å². The van der Waals surface area contributed by atoms with Crippen molar-refractivity contribution in [2.75, 3.05) is 6.61 Å². The number of ether oxygens (including phenoxy) is 1. The van der Waals surface area contributed by atoms with E-state index in [4.69, 9.17) is 4.74 Å². The molecule has 0 fully saturated rings. The average Bonchev–Trinajstić information content (AvgIpc) is 2.26. The van der Waals surface area contributed by atoms with E-state index in [2.05, 4.69) is 20.1 Å². The summed E-state index contributed by atoms with van der Waals surface area (Å²) in [6, 6.07) is 0. The van der Waals surface area contributed by atoms with Crippen LogP contribution in [0.5, 0.6) is 0 Å². The SMILES string of the molecule is C=C(C)C.C=CC(=O)OCCCCCCCC. The molecule has 0 N–H and O–H groups in total. The highest BCUT2D eigenvalue weighted by Crippen LogP contribution is 2.04. The van der Waals surface area contributed by atoms with Gasteiger partial charge in [-0.05, 0) is 20.3 Å². The Morgan fingerprint density at radius 2 is 1.59 bits per heavy atom. The van der Waals surface area contributed by atoms with Crippen LogP contribution in [0.3, 0.4) is 0 Å². The molecule has 0 heterocycles. The molecule has 0 amide bonds. The molecule has 0 saturated carbocycles. The average molecular weight is 240 g/mol. The van der Waals surface area contributed by atoms with Gasteiger partial charge in [0, 0.05) is 6.08 Å². The van der Waals surface area contributed by atoms with Crippen LogP contribution in [0.4, 0.5) is 0 Å². The molecule has 0 aliphatic heterocycles. The summed E-state index contributed by atoms with van der Waals surface area (Å²) in [5.41, 5.74) is 1.17. The van der Waals surface area contributed by atoms with Gasteiger partial charge in [0.15, 0.2) is 0 Å². The smallest absolute Gasteiger partial charge is 0.330 e. The lowest BCUT2D eigenvalue weighted by Gasteiger charge is -2.01. The number of hydrogen-bond acceptors (Lipinski definition) is 2. The molecule has 0 atom stereocenters. The van der Waals surface area contributed by atoms with Gasteiger partial charge in [0.25, 0.3) is 0 Å². The first-order chi connectivity index (χ1) is 8.04. The molecule has 2 nitrogen and oxygen atoms in total. The van der Waals surface area contributed by atoms with Crippen molar-refractivity contribution in [3.05, 3.63) is 24.8 Å². The van der Waals surface area contributed by atoms with Gasteiger partial charge in [-0.15, -0.1) is 6.58 Å². The van der Waals surface area contributed by atoms with Gasteiger partial charge in [-0.3, -0.25) is 0 Å². The number of rotatable bonds is 8. The Hall–Kier alpha value is -1.05. The minimum atomic E-state index is -0.312. The van der Waals surface area contributed by atoms with Crippen LogP contribution in [0.1, 0.15) is 59.3 Å². The zero-order valence-corrected chi connectivity index (χ0v) is 11.8. The Bertz CT molecular complexity index is 203. The lowest BCUT2D eigenvalue weighted by molar-refractivity contribution is -0.137. The maximum Gasteiger partial charge on any atom is 0.330 e. The van der Waals surface area contributed by atoms with E-state index in [1.807, 2.05) is 13.8 Å². The van der Waals surface area contributed by atoms with Crippen LogP contribution in [0.15, 0.2) is 24.8 Å². The third-order valence-corrected chi connectivity index (χ3v) is 1.91. The van der Waals surface area contributed by atoms with Crippen LogP contribution < -0.4 is 0 Å². The van der Waals surface area contributed by atoms with Crippen molar-refractivity contribution in [2.45, 2.75) is 59.3 Å². The second kappa shape index (κ2) is 14.9. The minimum absolute atomic E-state index is 0.312. The number of unbranched alkanes of at least 4 members (excludes halogenated alkanes) is 5. The first kappa shape index (κ1) is 18.3. The van der Waals surface area contributed by atoms with Crippen molar-refractivity contribution in [3.8, 4) is 0 Å². The monoisotopic (exact) mass is 240 g/mol. The van der Waals surface area contributed by atoms with Crippen LogP contribution in [-0.4, -0.2) is 12.6 Å². The van der Waals surface area contributed by atoms with E-state index >= 15 is 0 Å². The normalized spacial score (nSPS) is 8.88. The van der Waals surface area contributed by atoms with E-state index < -0.39 is 0 Å². The van der Waals surface area contributed by atoms with Gasteiger partial charge in [-0.25, -0.2) is 4.79 Å². The molecule has 0 aromatic heterocycles. The van der Waals surface area contributed by atoms with Gasteiger partial charge in [-0.1, -0.05) is 51.2 Å². The quantitative estimate of drug-likeness (QED) is 0.267. The molecule has 17 heavy (non-hydrogen) atoms. The molecule has 0 rings (SSSR count). The largest absolute Gasteiger partial charge is 0.463 e. The van der Waals surface area contributed by atoms with Gasteiger partial charge in [0.05, 0.1) is 6.61 Å². The second-order valence-corrected chi connectivity index (χ2v) is 4.35. The molecule has 0 aromatic rings. The summed E-state index contributed by atoms with van der Waals surface area (Å²) in [5.74, 6) is -0.312. The fourth-order valence-electron chi connectivity index (χ4n) is 1.11. The van der Waals surface area contributed by atoms with Crippen LogP contribution in [0, 0.1) is 0 Å². The summed E-state index contributed by atoms with van der Waals surface area (Å²) in [6.07, 6.45) is 8.47. The summed E-state index contributed by atoms with van der Waals surface area (Å²) in [5, 5.41) is 0. The molecular formula is C15H28O2. The van der Waals surface area contributed by atoms with E-state index in [0.29, 0.717) is 6.61 Å². The molecule has 0 unspecified atom stereocenters. The fourth-order valence-corrected chi connectivity index (χ4v) is 1.11. The van der Waals surface area contributed by atoms with Gasteiger partial charge in [-0.2, -0.15) is 0 Å². The molecule has 0 spiro atoms. The van der Waals surface area contributed by atoms with Gasteiger partial charge >= 0.3 is 5.97 Å². The first-order valence-electron chi connectivity index (χ1n) is 6.45. The topological polar surface area (TPSA) is 26.3 Å². The molecular weight excluding hydrogens is 212 g/mol. The molecule has 100 valence electrons. The highest BCUT2D eigenvalue weighted by atomic mass is 16.5. The maximum absolute atomic E-state index is 10.6. The minimum Gasteiger partial charge on any atom is -0.463 e. The third-order valence-electron chi connectivity index (χ3n) is 1.91. The van der Waals surface area contributed by atoms with E-state index in [-0.39, 0.29) is 5.97 Å². The predicted octanol–water partition coefficient (Wildman–Crippen LogP) is 4.66. The lowest BCUT2D eigenvalue weighted by Crippen LogP contribution is -2.01. The van der Waals surface area contributed by atoms with Crippen molar-refractivity contribution >= 4 is 5.97 Å². The van der Waals surface area contributed by atoms with Crippen LogP contribution in [-0.2, 0) is 9.53 Å². The van der Waals surface area contributed by atoms with E-state index in [9.17, 15) is 4.79 Å². The van der Waals surface area contributed by atoms with Crippen molar-refractivity contribution in [2.24, 2.45) is 0 Å². The van der Waals surface area contributed by atoms with E-state index in [1.54, 1.807) is 0 Å². The summed E-state index contributed by atoms with van der Waals surface area (Å²) in [4.78, 5) is 10.6. The van der Waals surface area contributed by atoms with Crippen LogP contribution >= 0.6 is 0 Å². The summed E-state index contributed by atoms with van der Waals surface area (Å²) in [6.45, 7) is 13.6. The Morgan fingerprint density at radius 3 is 2.06 bits per heavy atom. The number of hydrogen-bond donors (Lipinski definition) is 0. The van der Waals surface area contributed by atoms with Crippen LogP contribution in [0.25, 0.3) is 0 Å². The van der Waals surface area contributed by atoms with Crippen LogP contribution in [0.2, 0.25) is 0 Å². The standard InChI is InChI=1S/C11H20O2.C4H8/c1-3-5-6-7-8-9-10-13-11(12)4-2;1-4(2)3/h4H,2-3,5-10H2,1H3;1H2,2-3H3. The maximum atomic E-state index is 10.6. The fraction of sp³-hybridized carbons (Fsp3) is 0.667. The highest BCUT2D eigenvalue weighted by molar-refractivity contribution is 5.81. The highest BCUT2D eigenvalue weighted by Gasteiger charge is 1.94. The Balaban J connectivity index is 0. The zero-order chi connectivity index (χ0) is 13.5. The molecule has 0 aliphatic rings. The number of carbonyl (C=O) groups is 1. The number of esters is 1. The third kappa shape index (κ3) is 25.3. The number of carbonyl (C=O) groups excluding carboxylic acids is 1. The second-order valence-electron chi connectivity index (χ2n) is 4.35. The molecule has 0 radical (unpaired) electrons. The summed E-state index contributed by atoms with van der Waals surface area (Å²) < 4.78 is 4.84. The van der Waals surface area contributed by atoms with Crippen molar-refractivity contribution in [1.29, 1.82) is 0 Å². The summed E-state index contributed by atoms with van der Waals surface area (Å²) in [7, 11) is 0. The molecule has 0 aromatic carbocycles. The Kier molecular flexibility index (Phi) is 16.1. The first-order valence-corrected chi connectivity index (χ1v) is 6.45. The number of allylic oxidation sites excluding steroid dienone is 1. The van der Waals surface area contributed by atoms with Crippen molar-refractivity contribution in [1.82, 2.24) is 0 Å². The van der Waals surface area contributed by atoms with Gasteiger partial charge in [0.2, 0.25) is 0 Å². The molecule has 0 bridgehead atoms. The van der Waals surface area contributed by atoms with E-state index in [1.165, 1.54) is 37.3 Å². The molecule has 2 heteroatoms. The predicted molar refractivity (Wildman–Crippen MR) is 75.0 cm³/mol. The summed E-state index contributed by atoms with van der Waals surface area (Å²) >= 11 is 0. The van der Waals surface area contributed by atoms with Crippen molar-refractivity contribution in [3.63, 3.8) is 0 Å². The lowest BCUT2D eigenvalue weighted by atomic mass is 10.1. The zero-order valence-electron chi connectivity index (χ0n) is 11.8. The Morgan fingerprint density at radius 1 is 1.12 bits per heavy atom. The van der Waals surface area contributed by atoms with Crippen molar-refractivity contribution < 1.29 is 9.53 Å².